The summed E-state index contributed by atoms with van der Waals surface area (Å²) in [6.45, 7) is 6.23. The highest BCUT2D eigenvalue weighted by molar-refractivity contribution is 9.10. The first kappa shape index (κ1) is 33.3. The Morgan fingerprint density at radius 1 is 1.12 bits per heavy atom. The molecule has 2 aromatic carbocycles. The number of nitrogens with zero attached hydrogens (tertiary/aromatic N) is 1. The van der Waals surface area contributed by atoms with Crippen molar-refractivity contribution in [1.82, 2.24) is 5.32 Å². The minimum atomic E-state index is -3.82. The third kappa shape index (κ3) is 8.51. The van der Waals surface area contributed by atoms with E-state index in [-0.39, 0.29) is 22.4 Å². The van der Waals surface area contributed by atoms with Gasteiger partial charge in [-0.15, -0.1) is 11.3 Å². The smallest absolute Gasteiger partial charge is 0.351 e. The van der Waals surface area contributed by atoms with Gasteiger partial charge in [0.15, 0.2) is 17.2 Å². The number of carbonyl (C=O) groups excluding carboxylic acids is 2. The van der Waals surface area contributed by atoms with Crippen molar-refractivity contribution in [3.8, 4) is 16.2 Å². The van der Waals surface area contributed by atoms with E-state index in [1.54, 1.807) is 63.2 Å². The second-order valence-electron chi connectivity index (χ2n) is 11.0. The van der Waals surface area contributed by atoms with Gasteiger partial charge in [0.2, 0.25) is 10.0 Å². The van der Waals surface area contributed by atoms with E-state index < -0.39 is 34.2 Å². The molecule has 0 bridgehead atoms. The Labute approximate surface area is 269 Å². The zero-order valence-electron chi connectivity index (χ0n) is 24.3. The molecule has 4 rings (SSSR count). The van der Waals surface area contributed by atoms with E-state index in [1.165, 1.54) is 11.4 Å². The highest BCUT2D eigenvalue weighted by atomic mass is 79.9. The van der Waals surface area contributed by atoms with Gasteiger partial charge in [0.05, 0.1) is 27.9 Å². The molecular formula is C30H34BrClN2O7S2. The Morgan fingerprint density at radius 3 is 2.47 bits per heavy atom. The maximum atomic E-state index is 14.0. The number of carbonyl (C=O) groups is 2. The van der Waals surface area contributed by atoms with Crippen molar-refractivity contribution in [3.05, 3.63) is 68.5 Å². The molecule has 0 unspecified atom stereocenters. The molecule has 2 heterocycles. The Balaban J connectivity index is 1.72. The lowest BCUT2D eigenvalue weighted by atomic mass is 10.1. The minimum absolute atomic E-state index is 0.145. The van der Waals surface area contributed by atoms with E-state index in [4.69, 9.17) is 25.8 Å². The van der Waals surface area contributed by atoms with Crippen molar-refractivity contribution in [3.63, 3.8) is 0 Å². The predicted molar refractivity (Wildman–Crippen MR) is 173 cm³/mol. The number of piperidine rings is 1. The van der Waals surface area contributed by atoms with Gasteiger partial charge in [-0.1, -0.05) is 35.9 Å². The molecule has 0 atom stereocenters. The number of benzene rings is 2. The molecule has 43 heavy (non-hydrogen) atoms. The summed E-state index contributed by atoms with van der Waals surface area (Å²) >= 11 is 10.8. The number of rotatable bonds is 10. The molecule has 0 saturated carbocycles. The van der Waals surface area contributed by atoms with E-state index in [0.717, 1.165) is 11.3 Å². The number of sulfonamides is 1. The molecule has 3 aromatic rings. The van der Waals surface area contributed by atoms with Gasteiger partial charge in [-0.2, -0.15) is 0 Å². The van der Waals surface area contributed by atoms with Crippen LogP contribution in [0.5, 0.6) is 5.75 Å². The van der Waals surface area contributed by atoms with Gasteiger partial charge in [-0.05, 0) is 98.0 Å². The Kier molecular flexibility index (Phi) is 10.8. The Hall–Kier alpha value is -2.64. The number of thiophene rings is 1. The number of ether oxygens (including phenoxy) is 3. The minimum Gasteiger partial charge on any atom is -0.479 e. The largest absolute Gasteiger partial charge is 0.479 e. The summed E-state index contributed by atoms with van der Waals surface area (Å²) in [5.41, 5.74) is 1.06. The lowest BCUT2D eigenvalue weighted by Crippen LogP contribution is -2.46. The van der Waals surface area contributed by atoms with Crippen LogP contribution in [-0.2, 0) is 30.0 Å². The van der Waals surface area contributed by atoms with Crippen LogP contribution in [0.4, 0.5) is 5.69 Å². The van der Waals surface area contributed by atoms with Crippen LogP contribution in [0.3, 0.4) is 0 Å². The lowest BCUT2D eigenvalue weighted by molar-refractivity contribution is -0.157. The van der Waals surface area contributed by atoms with Gasteiger partial charge in [0.1, 0.15) is 5.60 Å². The fraction of sp³-hybridized carbons (Fsp3) is 0.400. The molecule has 9 nitrogen and oxygen atoms in total. The van der Waals surface area contributed by atoms with E-state index in [1.807, 2.05) is 6.07 Å². The van der Waals surface area contributed by atoms with E-state index in [9.17, 15) is 18.0 Å². The molecule has 1 saturated heterocycles. The third-order valence-electron chi connectivity index (χ3n) is 6.48. The van der Waals surface area contributed by atoms with Crippen molar-refractivity contribution in [2.24, 2.45) is 0 Å². The molecular weight excluding hydrogens is 680 g/mol. The molecule has 1 aliphatic rings. The first-order valence-corrected chi connectivity index (χ1v) is 17.2. The van der Waals surface area contributed by atoms with Gasteiger partial charge in [-0.3, -0.25) is 4.31 Å². The fourth-order valence-corrected chi connectivity index (χ4v) is 8.79. The maximum absolute atomic E-state index is 14.0. The van der Waals surface area contributed by atoms with E-state index in [0.29, 0.717) is 57.1 Å². The third-order valence-corrected chi connectivity index (χ3v) is 10.7. The van der Waals surface area contributed by atoms with E-state index in [2.05, 4.69) is 21.2 Å². The fourth-order valence-electron chi connectivity index (χ4n) is 4.77. The second kappa shape index (κ2) is 14.0. The number of methoxy groups -OCH3 is 1. The van der Waals surface area contributed by atoms with Crippen LogP contribution >= 0.6 is 38.9 Å². The molecule has 1 aromatic heterocycles. The Bertz CT molecular complexity index is 1580. The molecule has 1 aliphatic heterocycles. The topological polar surface area (TPSA) is 111 Å². The number of halogens is 2. The van der Waals surface area contributed by atoms with Crippen LogP contribution in [-0.4, -0.2) is 58.8 Å². The highest BCUT2D eigenvalue weighted by Crippen LogP contribution is 2.47. The average Bonchev–Trinajstić information content (AvgIpc) is 3.27. The summed E-state index contributed by atoms with van der Waals surface area (Å²) in [7, 11) is -2.56. The normalized spacial score (nSPS) is 14.3. The summed E-state index contributed by atoms with van der Waals surface area (Å²) in [5, 5.41) is 3.77. The maximum Gasteiger partial charge on any atom is 0.351 e. The van der Waals surface area contributed by atoms with Crippen molar-refractivity contribution < 1.29 is 32.2 Å². The van der Waals surface area contributed by atoms with Crippen molar-refractivity contribution in [2.75, 3.05) is 31.1 Å². The molecule has 0 radical (unpaired) electrons. The number of hydrogen-bond donors (Lipinski definition) is 1. The molecule has 1 fully saturated rings. The SMILES string of the molecule is COC(=O)c1sc(-c2cccc(N(C3CCNCC3)S(=O)(=O)Cc3cccc(Cl)c3)c2)c(Br)c1OCC(=O)OC(C)(C)C. The van der Waals surface area contributed by atoms with Crippen LogP contribution in [0.2, 0.25) is 5.02 Å². The van der Waals surface area contributed by atoms with Crippen LogP contribution in [0.15, 0.2) is 53.0 Å². The van der Waals surface area contributed by atoms with Gasteiger partial charge in [0, 0.05) is 11.1 Å². The van der Waals surface area contributed by atoms with Gasteiger partial charge < -0.3 is 19.5 Å². The first-order valence-electron chi connectivity index (χ1n) is 13.6. The molecule has 0 aliphatic carbocycles. The molecule has 13 heteroatoms. The van der Waals surface area contributed by atoms with Crippen molar-refractivity contribution in [2.45, 2.75) is 51.0 Å². The van der Waals surface area contributed by atoms with Crippen molar-refractivity contribution >= 4 is 66.5 Å². The number of esters is 2. The number of hydrogen-bond acceptors (Lipinski definition) is 9. The van der Waals surface area contributed by atoms with Gasteiger partial charge >= 0.3 is 11.9 Å². The molecule has 0 amide bonds. The zero-order chi connectivity index (χ0) is 31.4. The monoisotopic (exact) mass is 712 g/mol. The number of anilines is 1. The van der Waals surface area contributed by atoms with Gasteiger partial charge in [-0.25, -0.2) is 18.0 Å². The second-order valence-corrected chi connectivity index (χ2v) is 15.1. The van der Waals surface area contributed by atoms with Crippen LogP contribution in [0.1, 0.15) is 48.8 Å². The first-order chi connectivity index (χ1) is 20.3. The van der Waals surface area contributed by atoms with Crippen LogP contribution in [0.25, 0.3) is 10.4 Å². The average molecular weight is 714 g/mol. The predicted octanol–water partition coefficient (Wildman–Crippen LogP) is 6.43. The summed E-state index contributed by atoms with van der Waals surface area (Å²) in [6, 6.07) is 13.8. The van der Waals surface area contributed by atoms with Crippen LogP contribution in [0, 0.1) is 0 Å². The van der Waals surface area contributed by atoms with E-state index >= 15 is 0 Å². The molecule has 232 valence electrons. The van der Waals surface area contributed by atoms with Crippen LogP contribution < -0.4 is 14.4 Å². The zero-order valence-corrected chi connectivity index (χ0v) is 28.3. The lowest BCUT2D eigenvalue weighted by Gasteiger charge is -2.35. The van der Waals surface area contributed by atoms with Crippen molar-refractivity contribution in [1.29, 1.82) is 0 Å². The quantitative estimate of drug-likeness (QED) is 0.240. The van der Waals surface area contributed by atoms with Gasteiger partial charge in [0.25, 0.3) is 0 Å². The molecule has 1 N–H and O–H groups in total. The molecule has 0 spiro atoms. The number of nitrogens with one attached hydrogen (secondary N) is 1. The summed E-state index contributed by atoms with van der Waals surface area (Å²) in [6.07, 6.45) is 1.30. The standard InChI is InChI=1S/C30H34BrClN2O7S2/c1-30(2,3)41-24(35)17-40-26-25(31)27(42-28(26)29(36)39-4)20-8-6-10-23(16-20)34(22-11-13-33-14-12-22)43(37,38)18-19-7-5-9-21(32)15-19/h5-10,15-16,22,33H,11-14,17-18H2,1-4H3. The summed E-state index contributed by atoms with van der Waals surface area (Å²) in [5.74, 6) is -1.29. The Morgan fingerprint density at radius 2 is 1.81 bits per heavy atom. The summed E-state index contributed by atoms with van der Waals surface area (Å²) in [4.78, 5) is 25.8. The highest BCUT2D eigenvalue weighted by Gasteiger charge is 2.33. The summed E-state index contributed by atoms with van der Waals surface area (Å²) < 4.78 is 46.0.